The summed E-state index contributed by atoms with van der Waals surface area (Å²) in [5.74, 6) is -1.07. The number of hydrogen-bond donors (Lipinski definition) is 2. The number of benzene rings is 3. The lowest BCUT2D eigenvalue weighted by Crippen LogP contribution is -2.33. The fourth-order valence-electron chi connectivity index (χ4n) is 3.88. The highest BCUT2D eigenvalue weighted by molar-refractivity contribution is 7.74. The molecule has 3 aromatic carbocycles. The SMILES string of the molecule is O=C1OC2(c3ccc(O)cc3Oc3cc(O)cc(OS(=O)[O-])c32)c2ccccc21. The van der Waals surface area contributed by atoms with Crippen molar-refractivity contribution in [2.45, 2.75) is 5.60 Å². The second kappa shape index (κ2) is 5.97. The van der Waals surface area contributed by atoms with Crippen molar-refractivity contribution < 1.29 is 37.4 Å². The third kappa shape index (κ3) is 2.41. The Labute approximate surface area is 166 Å². The van der Waals surface area contributed by atoms with Crippen LogP contribution in [0.25, 0.3) is 0 Å². The van der Waals surface area contributed by atoms with Crippen molar-refractivity contribution in [3.63, 3.8) is 0 Å². The van der Waals surface area contributed by atoms with Gasteiger partial charge in [-0.05, 0) is 18.2 Å². The quantitative estimate of drug-likeness (QED) is 0.487. The average molecular weight is 411 g/mol. The van der Waals surface area contributed by atoms with Crippen molar-refractivity contribution in [1.82, 2.24) is 0 Å². The van der Waals surface area contributed by atoms with Gasteiger partial charge in [0.25, 0.3) is 0 Å². The first-order chi connectivity index (χ1) is 13.9. The van der Waals surface area contributed by atoms with Gasteiger partial charge in [0.2, 0.25) is 0 Å². The molecule has 146 valence electrons. The summed E-state index contributed by atoms with van der Waals surface area (Å²) in [5.41, 5.74) is -0.369. The first kappa shape index (κ1) is 17.5. The molecule has 29 heavy (non-hydrogen) atoms. The van der Waals surface area contributed by atoms with Gasteiger partial charge < -0.3 is 28.4 Å². The minimum Gasteiger partial charge on any atom is -0.740 e. The number of carbonyl (C=O) groups excluding carboxylic acids is 1. The van der Waals surface area contributed by atoms with E-state index in [4.69, 9.17) is 13.7 Å². The van der Waals surface area contributed by atoms with Crippen LogP contribution in [-0.4, -0.2) is 24.9 Å². The molecule has 0 bridgehead atoms. The van der Waals surface area contributed by atoms with Crippen molar-refractivity contribution in [3.05, 3.63) is 76.9 Å². The number of rotatable bonds is 2. The fourth-order valence-corrected chi connectivity index (χ4v) is 4.16. The van der Waals surface area contributed by atoms with Crippen LogP contribution >= 0.6 is 0 Å². The van der Waals surface area contributed by atoms with Gasteiger partial charge in [-0.15, -0.1) is 0 Å². The van der Waals surface area contributed by atoms with Gasteiger partial charge in [0.15, 0.2) is 11.4 Å². The largest absolute Gasteiger partial charge is 0.740 e. The standard InChI is InChI=1S/C20H12O8S/c21-10-5-6-14-15(7-10)26-16-8-11(22)9-17(28-29(24)25)18(16)20(14)13-4-2-1-3-12(13)19(23)27-20/h1-9,21-22H,(H,24,25)/p-1. The Kier molecular flexibility index (Phi) is 3.61. The van der Waals surface area contributed by atoms with Crippen LogP contribution in [0.2, 0.25) is 0 Å². The summed E-state index contributed by atoms with van der Waals surface area (Å²) in [4.78, 5) is 12.7. The van der Waals surface area contributed by atoms with Crippen LogP contribution in [-0.2, 0) is 21.7 Å². The summed E-state index contributed by atoms with van der Waals surface area (Å²) in [7, 11) is 0. The van der Waals surface area contributed by atoms with Crippen molar-refractivity contribution in [2.24, 2.45) is 0 Å². The summed E-state index contributed by atoms with van der Waals surface area (Å²) in [6, 6.07) is 13.3. The number of phenolic OH excluding ortho intramolecular Hbond substituents is 2. The number of aromatic hydroxyl groups is 2. The summed E-state index contributed by atoms with van der Waals surface area (Å²) in [5, 5.41) is 19.9. The predicted molar refractivity (Wildman–Crippen MR) is 97.6 cm³/mol. The topological polar surface area (TPSA) is 125 Å². The minimum atomic E-state index is -2.96. The molecule has 9 heteroatoms. The van der Waals surface area contributed by atoms with Crippen LogP contribution in [0.1, 0.15) is 27.0 Å². The van der Waals surface area contributed by atoms with E-state index in [9.17, 15) is 23.8 Å². The molecule has 0 amide bonds. The first-order valence-electron chi connectivity index (χ1n) is 8.39. The molecule has 2 aliphatic heterocycles. The molecule has 8 nitrogen and oxygen atoms in total. The van der Waals surface area contributed by atoms with Crippen molar-refractivity contribution in [3.8, 4) is 28.7 Å². The zero-order valence-corrected chi connectivity index (χ0v) is 15.3. The van der Waals surface area contributed by atoms with E-state index < -0.39 is 22.9 Å². The van der Waals surface area contributed by atoms with Gasteiger partial charge in [-0.3, -0.25) is 0 Å². The Hall–Kier alpha value is -3.56. The summed E-state index contributed by atoms with van der Waals surface area (Å²) < 4.78 is 39.1. The number of carbonyl (C=O) groups is 1. The van der Waals surface area contributed by atoms with E-state index in [0.717, 1.165) is 6.07 Å². The van der Waals surface area contributed by atoms with E-state index in [1.807, 2.05) is 0 Å². The third-order valence-corrected chi connectivity index (χ3v) is 5.21. The molecule has 0 aliphatic carbocycles. The molecule has 2 atom stereocenters. The highest BCUT2D eigenvalue weighted by Crippen LogP contribution is 2.59. The zero-order chi connectivity index (χ0) is 20.3. The van der Waals surface area contributed by atoms with E-state index in [0.29, 0.717) is 16.7 Å². The molecule has 0 aromatic heterocycles. The Morgan fingerprint density at radius 2 is 1.72 bits per heavy atom. The molecule has 0 radical (unpaired) electrons. The van der Waals surface area contributed by atoms with Crippen molar-refractivity contribution in [2.75, 3.05) is 0 Å². The molecule has 2 N–H and O–H groups in total. The van der Waals surface area contributed by atoms with Gasteiger partial charge in [-0.1, -0.05) is 18.2 Å². The molecular weight excluding hydrogens is 400 g/mol. The number of phenols is 2. The molecule has 5 rings (SSSR count). The van der Waals surface area contributed by atoms with Gasteiger partial charge in [0, 0.05) is 29.3 Å². The number of fused-ring (bicyclic) bond motifs is 6. The van der Waals surface area contributed by atoms with Crippen LogP contribution in [0.4, 0.5) is 0 Å². The molecule has 2 heterocycles. The van der Waals surface area contributed by atoms with Crippen LogP contribution < -0.4 is 8.92 Å². The molecular formula is C20H11O8S-. The Bertz CT molecular complexity index is 1220. The molecule has 1 spiro atoms. The van der Waals surface area contributed by atoms with E-state index in [1.165, 1.54) is 24.3 Å². The molecule has 0 fully saturated rings. The van der Waals surface area contributed by atoms with Crippen LogP contribution in [0.3, 0.4) is 0 Å². The monoisotopic (exact) mass is 411 g/mol. The minimum absolute atomic E-state index is 0.0213. The fraction of sp³-hybridized carbons (Fsp3) is 0.0500. The van der Waals surface area contributed by atoms with Crippen LogP contribution in [0.15, 0.2) is 54.6 Å². The Morgan fingerprint density at radius 1 is 0.966 bits per heavy atom. The third-order valence-electron chi connectivity index (χ3n) is 4.90. The predicted octanol–water partition coefficient (Wildman–Crippen LogP) is 2.84. The van der Waals surface area contributed by atoms with Gasteiger partial charge in [0.05, 0.1) is 11.1 Å². The first-order valence-corrected chi connectivity index (χ1v) is 9.39. The van der Waals surface area contributed by atoms with Gasteiger partial charge in [-0.25, -0.2) is 9.00 Å². The zero-order valence-electron chi connectivity index (χ0n) is 14.4. The molecule has 2 aliphatic rings. The highest BCUT2D eigenvalue weighted by Gasteiger charge is 2.55. The van der Waals surface area contributed by atoms with Gasteiger partial charge in [0.1, 0.15) is 34.4 Å². The van der Waals surface area contributed by atoms with E-state index >= 15 is 0 Å². The van der Waals surface area contributed by atoms with E-state index in [-0.39, 0.29) is 34.3 Å². The van der Waals surface area contributed by atoms with Gasteiger partial charge >= 0.3 is 5.97 Å². The van der Waals surface area contributed by atoms with Gasteiger partial charge in [-0.2, -0.15) is 0 Å². The van der Waals surface area contributed by atoms with Crippen LogP contribution in [0.5, 0.6) is 28.7 Å². The molecule has 0 saturated carbocycles. The number of esters is 1. The lowest BCUT2D eigenvalue weighted by Gasteiger charge is -2.37. The lowest BCUT2D eigenvalue weighted by molar-refractivity contribution is 0.0220. The second-order valence-electron chi connectivity index (χ2n) is 6.50. The summed E-state index contributed by atoms with van der Waals surface area (Å²) in [6.07, 6.45) is 0. The number of ether oxygens (including phenoxy) is 2. The Balaban J connectivity index is 1.92. The average Bonchev–Trinajstić information content (AvgIpc) is 2.94. The maximum Gasteiger partial charge on any atom is 0.340 e. The van der Waals surface area contributed by atoms with E-state index in [1.54, 1.807) is 24.3 Å². The smallest absolute Gasteiger partial charge is 0.340 e. The van der Waals surface area contributed by atoms with Crippen LogP contribution in [0, 0.1) is 0 Å². The second-order valence-corrected chi connectivity index (χ2v) is 7.08. The van der Waals surface area contributed by atoms with E-state index in [2.05, 4.69) is 0 Å². The number of hydrogen-bond acceptors (Lipinski definition) is 8. The summed E-state index contributed by atoms with van der Waals surface area (Å²) >= 11 is -2.96. The molecule has 3 aromatic rings. The summed E-state index contributed by atoms with van der Waals surface area (Å²) in [6.45, 7) is 0. The van der Waals surface area contributed by atoms with Crippen molar-refractivity contribution in [1.29, 1.82) is 0 Å². The molecule has 2 unspecified atom stereocenters. The lowest BCUT2D eigenvalue weighted by atomic mass is 9.77. The maximum absolute atomic E-state index is 12.7. The highest BCUT2D eigenvalue weighted by atomic mass is 32.2. The maximum atomic E-state index is 12.7. The normalized spacial score (nSPS) is 19.6. The van der Waals surface area contributed by atoms with Crippen molar-refractivity contribution >= 4 is 17.3 Å². The Morgan fingerprint density at radius 3 is 2.52 bits per heavy atom. The molecule has 0 saturated heterocycles.